The van der Waals surface area contributed by atoms with Gasteiger partial charge in [-0.05, 0) is 5.56 Å². The van der Waals surface area contributed by atoms with E-state index in [1.165, 1.54) is 5.56 Å². The van der Waals surface area contributed by atoms with Crippen molar-refractivity contribution in [1.82, 2.24) is 0 Å². The molecule has 1 heterocycles. The van der Waals surface area contributed by atoms with Crippen LogP contribution in [0.1, 0.15) is 12.0 Å². The van der Waals surface area contributed by atoms with E-state index >= 15 is 0 Å². The van der Waals surface area contributed by atoms with Gasteiger partial charge in [0.1, 0.15) is 6.04 Å². The van der Waals surface area contributed by atoms with Crippen LogP contribution in [0.2, 0.25) is 0 Å². The lowest BCUT2D eigenvalue weighted by molar-refractivity contribution is 0.968. The molecule has 1 aliphatic rings. The number of nitrogens with zero attached hydrogens (tertiary/aromatic N) is 2. The molecular formula is C9H9N2. The minimum atomic E-state index is 0.851. The molecule has 0 bridgehead atoms. The molecule has 0 saturated carbocycles. The number of benzene rings is 1. The standard InChI is InChI=1S/C9H9N2/c1-2-4-8(5-3-1)9-6-7-10-11-9/h1-5H,6-7H2. The van der Waals surface area contributed by atoms with Gasteiger partial charge < -0.3 is 0 Å². The van der Waals surface area contributed by atoms with Gasteiger partial charge in [-0.3, -0.25) is 0 Å². The Hall–Kier alpha value is -1.18. The summed E-state index contributed by atoms with van der Waals surface area (Å²) in [4.78, 5) is 0. The summed E-state index contributed by atoms with van der Waals surface area (Å²) >= 11 is 0. The van der Waals surface area contributed by atoms with Gasteiger partial charge in [0.25, 0.3) is 0 Å². The maximum atomic E-state index is 4.05. The van der Waals surface area contributed by atoms with Gasteiger partial charge in [-0.2, -0.15) is 10.2 Å². The summed E-state index contributed by atoms with van der Waals surface area (Å²) in [6, 6.07) is 11.3. The zero-order chi connectivity index (χ0) is 7.52. The highest BCUT2D eigenvalue weighted by molar-refractivity contribution is 5.29. The van der Waals surface area contributed by atoms with E-state index in [1.54, 1.807) is 0 Å². The van der Waals surface area contributed by atoms with Gasteiger partial charge in [0.2, 0.25) is 0 Å². The second-order valence-corrected chi connectivity index (χ2v) is 2.53. The molecule has 2 rings (SSSR count). The summed E-state index contributed by atoms with van der Waals surface area (Å²) < 4.78 is 0. The number of rotatable bonds is 1. The first-order chi connectivity index (χ1) is 5.47. The van der Waals surface area contributed by atoms with Gasteiger partial charge in [0, 0.05) is 6.42 Å². The van der Waals surface area contributed by atoms with Crippen LogP contribution in [-0.2, 0) is 0 Å². The van der Waals surface area contributed by atoms with Gasteiger partial charge in [0.15, 0.2) is 0 Å². The lowest BCUT2D eigenvalue weighted by atomic mass is 10.1. The minimum Gasteiger partial charge on any atom is -0.193 e. The largest absolute Gasteiger partial charge is 0.193 e. The Kier molecular flexibility index (Phi) is 1.68. The highest BCUT2D eigenvalue weighted by Gasteiger charge is 2.14. The van der Waals surface area contributed by atoms with E-state index in [9.17, 15) is 0 Å². The normalized spacial score (nSPS) is 17.5. The van der Waals surface area contributed by atoms with Crippen LogP contribution in [-0.4, -0.2) is 6.54 Å². The maximum absolute atomic E-state index is 4.05. The van der Waals surface area contributed by atoms with Crippen LogP contribution in [0, 0.1) is 6.04 Å². The molecule has 0 amide bonds. The summed E-state index contributed by atoms with van der Waals surface area (Å²) in [6.07, 6.45) is 0.990. The third-order valence-electron chi connectivity index (χ3n) is 1.75. The van der Waals surface area contributed by atoms with Crippen molar-refractivity contribution in [1.29, 1.82) is 0 Å². The predicted octanol–water partition coefficient (Wildman–Crippen LogP) is 2.42. The van der Waals surface area contributed by atoms with Crippen LogP contribution >= 0.6 is 0 Å². The monoisotopic (exact) mass is 145 g/mol. The van der Waals surface area contributed by atoms with Crippen LogP contribution < -0.4 is 0 Å². The highest BCUT2D eigenvalue weighted by atomic mass is 15.2. The smallest absolute Gasteiger partial charge is 0.139 e. The molecule has 1 aromatic rings. The van der Waals surface area contributed by atoms with Crippen molar-refractivity contribution in [3.8, 4) is 0 Å². The topological polar surface area (TPSA) is 24.7 Å². The van der Waals surface area contributed by atoms with E-state index in [2.05, 4.69) is 22.4 Å². The molecule has 1 radical (unpaired) electrons. The van der Waals surface area contributed by atoms with E-state index in [4.69, 9.17) is 0 Å². The third kappa shape index (κ3) is 1.29. The van der Waals surface area contributed by atoms with Crippen molar-refractivity contribution in [2.45, 2.75) is 6.42 Å². The molecule has 0 spiro atoms. The fourth-order valence-corrected chi connectivity index (χ4v) is 1.17. The van der Waals surface area contributed by atoms with Crippen molar-refractivity contribution in [2.75, 3.05) is 6.54 Å². The van der Waals surface area contributed by atoms with E-state index < -0.39 is 0 Å². The van der Waals surface area contributed by atoms with Crippen LogP contribution in [0.15, 0.2) is 40.6 Å². The Morgan fingerprint density at radius 3 is 2.55 bits per heavy atom. The third-order valence-corrected chi connectivity index (χ3v) is 1.75. The maximum Gasteiger partial charge on any atom is 0.139 e. The van der Waals surface area contributed by atoms with Crippen molar-refractivity contribution >= 4 is 0 Å². The Morgan fingerprint density at radius 2 is 1.91 bits per heavy atom. The molecule has 2 nitrogen and oxygen atoms in total. The highest BCUT2D eigenvalue weighted by Crippen LogP contribution is 2.24. The average Bonchev–Trinajstić information content (AvgIpc) is 2.58. The Morgan fingerprint density at radius 1 is 1.09 bits per heavy atom. The van der Waals surface area contributed by atoms with Gasteiger partial charge in [0.05, 0.1) is 6.54 Å². The first-order valence-corrected chi connectivity index (χ1v) is 3.75. The Bertz CT molecular complexity index is 254. The Labute approximate surface area is 66.0 Å². The fraction of sp³-hybridized carbons (Fsp3) is 0.222. The molecule has 11 heavy (non-hydrogen) atoms. The minimum absolute atomic E-state index is 0.851. The molecule has 0 aliphatic carbocycles. The molecule has 0 atom stereocenters. The van der Waals surface area contributed by atoms with Gasteiger partial charge in [-0.25, -0.2) is 0 Å². The van der Waals surface area contributed by atoms with E-state index in [1.807, 2.05) is 18.2 Å². The van der Waals surface area contributed by atoms with Crippen LogP contribution in [0.5, 0.6) is 0 Å². The quantitative estimate of drug-likeness (QED) is 0.579. The first kappa shape index (κ1) is 6.53. The molecule has 55 valence electrons. The molecule has 0 saturated heterocycles. The van der Waals surface area contributed by atoms with Gasteiger partial charge >= 0.3 is 0 Å². The summed E-state index contributed by atoms with van der Waals surface area (Å²) in [7, 11) is 0. The summed E-state index contributed by atoms with van der Waals surface area (Å²) in [6.45, 7) is 0.851. The molecular weight excluding hydrogens is 136 g/mol. The number of hydrogen-bond donors (Lipinski definition) is 0. The summed E-state index contributed by atoms with van der Waals surface area (Å²) in [5, 5.41) is 7.98. The molecule has 1 aromatic carbocycles. The number of azo groups is 1. The first-order valence-electron chi connectivity index (χ1n) is 3.75. The molecule has 0 unspecified atom stereocenters. The fourth-order valence-electron chi connectivity index (χ4n) is 1.17. The number of hydrogen-bond acceptors (Lipinski definition) is 2. The Balaban J connectivity index is 2.23. The van der Waals surface area contributed by atoms with E-state index in [0.717, 1.165) is 19.0 Å². The van der Waals surface area contributed by atoms with E-state index in [-0.39, 0.29) is 0 Å². The molecule has 2 heteroatoms. The zero-order valence-electron chi connectivity index (χ0n) is 6.20. The van der Waals surface area contributed by atoms with Gasteiger partial charge in [-0.15, -0.1) is 0 Å². The molecule has 0 aromatic heterocycles. The predicted molar refractivity (Wildman–Crippen MR) is 43.1 cm³/mol. The second-order valence-electron chi connectivity index (χ2n) is 2.53. The molecule has 1 aliphatic heterocycles. The lowest BCUT2D eigenvalue weighted by Gasteiger charge is -2.01. The average molecular weight is 145 g/mol. The zero-order valence-corrected chi connectivity index (χ0v) is 6.20. The molecule has 0 N–H and O–H groups in total. The van der Waals surface area contributed by atoms with Crippen molar-refractivity contribution in [3.63, 3.8) is 0 Å². The van der Waals surface area contributed by atoms with E-state index in [0.29, 0.717) is 0 Å². The lowest BCUT2D eigenvalue weighted by Crippen LogP contribution is -1.91. The second kappa shape index (κ2) is 2.82. The van der Waals surface area contributed by atoms with Crippen LogP contribution in [0.3, 0.4) is 0 Å². The molecule has 0 fully saturated rings. The van der Waals surface area contributed by atoms with Crippen molar-refractivity contribution in [3.05, 3.63) is 41.9 Å². The summed E-state index contributed by atoms with van der Waals surface area (Å²) in [5.41, 5.74) is 1.20. The van der Waals surface area contributed by atoms with Crippen molar-refractivity contribution in [2.24, 2.45) is 10.2 Å². The summed E-state index contributed by atoms with van der Waals surface area (Å²) in [5.74, 6) is 0. The SMILES string of the molecule is c1ccc([C]2CCN=N2)cc1. The van der Waals surface area contributed by atoms with Crippen LogP contribution in [0.25, 0.3) is 0 Å². The van der Waals surface area contributed by atoms with Crippen molar-refractivity contribution < 1.29 is 0 Å². The van der Waals surface area contributed by atoms with Crippen LogP contribution in [0.4, 0.5) is 0 Å². The van der Waals surface area contributed by atoms with Gasteiger partial charge in [-0.1, -0.05) is 30.3 Å².